The largest absolute Gasteiger partial charge is 0.427 e. The van der Waals surface area contributed by atoms with Gasteiger partial charge in [0.25, 0.3) is 5.91 Å². The molecule has 152 valence electrons. The maximum Gasteiger partial charge on any atom is 0.308 e. The second kappa shape index (κ2) is 9.71. The van der Waals surface area contributed by atoms with Crippen LogP contribution in [0.2, 0.25) is 5.02 Å². The van der Waals surface area contributed by atoms with E-state index in [1.54, 1.807) is 60.7 Å². The summed E-state index contributed by atoms with van der Waals surface area (Å²) in [5.74, 6) is -0.838. The SMILES string of the molecule is CC(=O)Oc1cccc(C(=O)Nc2ccccc2NC(=O)Cc2cccc(Cl)c2)c1. The normalized spacial score (nSPS) is 10.2. The third-order valence-corrected chi connectivity index (χ3v) is 4.30. The minimum absolute atomic E-state index is 0.146. The van der Waals surface area contributed by atoms with E-state index >= 15 is 0 Å². The average Bonchev–Trinajstić information content (AvgIpc) is 2.69. The molecule has 0 aromatic heterocycles. The molecule has 0 bridgehead atoms. The lowest BCUT2D eigenvalue weighted by Gasteiger charge is -2.13. The van der Waals surface area contributed by atoms with Gasteiger partial charge in [-0.05, 0) is 48.0 Å². The highest BCUT2D eigenvalue weighted by molar-refractivity contribution is 6.30. The zero-order chi connectivity index (χ0) is 21.5. The Morgan fingerprint density at radius 1 is 0.867 bits per heavy atom. The zero-order valence-electron chi connectivity index (χ0n) is 16.1. The first-order valence-electron chi connectivity index (χ1n) is 9.14. The number of esters is 1. The molecule has 2 N–H and O–H groups in total. The molecule has 0 fully saturated rings. The first-order valence-corrected chi connectivity index (χ1v) is 9.51. The van der Waals surface area contributed by atoms with Crippen LogP contribution in [0.1, 0.15) is 22.8 Å². The molecule has 3 aromatic rings. The van der Waals surface area contributed by atoms with E-state index < -0.39 is 11.9 Å². The molecule has 0 heterocycles. The molecule has 0 aliphatic rings. The number of para-hydroxylation sites is 2. The Morgan fingerprint density at radius 2 is 1.57 bits per heavy atom. The number of amides is 2. The Labute approximate surface area is 178 Å². The molecule has 0 radical (unpaired) electrons. The monoisotopic (exact) mass is 422 g/mol. The van der Waals surface area contributed by atoms with E-state index in [4.69, 9.17) is 16.3 Å². The van der Waals surface area contributed by atoms with Crippen molar-refractivity contribution in [1.29, 1.82) is 0 Å². The fraction of sp³-hybridized carbons (Fsp3) is 0.0870. The fourth-order valence-electron chi connectivity index (χ4n) is 2.79. The minimum Gasteiger partial charge on any atom is -0.427 e. The number of hydrogen-bond acceptors (Lipinski definition) is 4. The number of halogens is 1. The zero-order valence-corrected chi connectivity index (χ0v) is 16.9. The van der Waals surface area contributed by atoms with Gasteiger partial charge in [-0.25, -0.2) is 0 Å². The van der Waals surface area contributed by atoms with E-state index in [0.717, 1.165) is 5.56 Å². The van der Waals surface area contributed by atoms with Crippen LogP contribution in [0.15, 0.2) is 72.8 Å². The summed E-state index contributed by atoms with van der Waals surface area (Å²) in [7, 11) is 0. The van der Waals surface area contributed by atoms with E-state index in [-0.39, 0.29) is 18.1 Å². The quantitative estimate of drug-likeness (QED) is 0.445. The molecule has 2 amide bonds. The fourth-order valence-corrected chi connectivity index (χ4v) is 3.00. The molecular weight excluding hydrogens is 404 g/mol. The molecule has 0 aliphatic heterocycles. The van der Waals surface area contributed by atoms with Crippen molar-refractivity contribution in [3.8, 4) is 5.75 Å². The molecule has 6 nitrogen and oxygen atoms in total. The molecule has 0 unspecified atom stereocenters. The van der Waals surface area contributed by atoms with Crippen LogP contribution in [0.3, 0.4) is 0 Å². The van der Waals surface area contributed by atoms with E-state index in [9.17, 15) is 14.4 Å². The lowest BCUT2D eigenvalue weighted by Crippen LogP contribution is -2.18. The number of ether oxygens (including phenoxy) is 1. The van der Waals surface area contributed by atoms with E-state index in [1.807, 2.05) is 6.07 Å². The third kappa shape index (κ3) is 5.93. The van der Waals surface area contributed by atoms with Gasteiger partial charge in [-0.3, -0.25) is 14.4 Å². The number of anilines is 2. The maximum absolute atomic E-state index is 12.6. The third-order valence-electron chi connectivity index (χ3n) is 4.06. The number of carbonyl (C=O) groups is 3. The molecular formula is C23H19ClN2O4. The first-order chi connectivity index (χ1) is 14.4. The second-order valence-electron chi connectivity index (χ2n) is 6.48. The van der Waals surface area contributed by atoms with Gasteiger partial charge in [-0.2, -0.15) is 0 Å². The Hall–Kier alpha value is -3.64. The highest BCUT2D eigenvalue weighted by atomic mass is 35.5. The maximum atomic E-state index is 12.6. The van der Waals surface area contributed by atoms with E-state index in [1.165, 1.54) is 13.0 Å². The van der Waals surface area contributed by atoms with Crippen LogP contribution in [0.4, 0.5) is 11.4 Å². The lowest BCUT2D eigenvalue weighted by atomic mass is 10.1. The van der Waals surface area contributed by atoms with Crippen LogP contribution in [0.25, 0.3) is 0 Å². The summed E-state index contributed by atoms with van der Waals surface area (Å²) in [6.07, 6.45) is 0.146. The smallest absolute Gasteiger partial charge is 0.308 e. The van der Waals surface area contributed by atoms with Gasteiger partial charge in [0, 0.05) is 17.5 Å². The molecule has 30 heavy (non-hydrogen) atoms. The van der Waals surface area contributed by atoms with Gasteiger partial charge in [0.1, 0.15) is 5.75 Å². The summed E-state index contributed by atoms with van der Waals surface area (Å²) >= 11 is 5.96. The summed E-state index contributed by atoms with van der Waals surface area (Å²) in [6, 6.07) is 20.2. The summed E-state index contributed by atoms with van der Waals surface area (Å²) in [4.78, 5) is 36.2. The lowest BCUT2D eigenvalue weighted by molar-refractivity contribution is -0.131. The summed E-state index contributed by atoms with van der Waals surface area (Å²) < 4.78 is 5.01. The van der Waals surface area contributed by atoms with Crippen LogP contribution in [-0.2, 0) is 16.0 Å². The van der Waals surface area contributed by atoms with Crippen molar-refractivity contribution in [2.45, 2.75) is 13.3 Å². The number of carbonyl (C=O) groups excluding carboxylic acids is 3. The van der Waals surface area contributed by atoms with Crippen LogP contribution < -0.4 is 15.4 Å². The molecule has 0 saturated heterocycles. The number of hydrogen-bond donors (Lipinski definition) is 2. The molecule has 7 heteroatoms. The van der Waals surface area contributed by atoms with Gasteiger partial charge in [-0.15, -0.1) is 0 Å². The van der Waals surface area contributed by atoms with E-state index in [2.05, 4.69) is 10.6 Å². The van der Waals surface area contributed by atoms with Crippen molar-refractivity contribution < 1.29 is 19.1 Å². The van der Waals surface area contributed by atoms with Crippen molar-refractivity contribution in [3.63, 3.8) is 0 Å². The molecule has 0 saturated carbocycles. The topological polar surface area (TPSA) is 84.5 Å². The summed E-state index contributed by atoms with van der Waals surface area (Å²) in [5.41, 5.74) is 2.01. The van der Waals surface area contributed by atoms with Crippen molar-refractivity contribution in [1.82, 2.24) is 0 Å². The highest BCUT2D eigenvalue weighted by Gasteiger charge is 2.12. The Balaban J connectivity index is 1.71. The van der Waals surface area contributed by atoms with Crippen LogP contribution >= 0.6 is 11.6 Å². The Kier molecular flexibility index (Phi) is 6.83. The van der Waals surface area contributed by atoms with Gasteiger partial charge in [-0.1, -0.05) is 41.9 Å². The molecule has 3 aromatic carbocycles. The van der Waals surface area contributed by atoms with Crippen LogP contribution in [0, 0.1) is 0 Å². The van der Waals surface area contributed by atoms with Crippen molar-refractivity contribution in [2.24, 2.45) is 0 Å². The molecule has 0 atom stereocenters. The predicted octanol–water partition coefficient (Wildman–Crippen LogP) is 4.70. The van der Waals surface area contributed by atoms with Gasteiger partial charge in [0.15, 0.2) is 0 Å². The van der Waals surface area contributed by atoms with Gasteiger partial charge in [0.05, 0.1) is 17.8 Å². The molecule has 3 rings (SSSR count). The second-order valence-corrected chi connectivity index (χ2v) is 6.91. The van der Waals surface area contributed by atoms with Crippen LogP contribution in [-0.4, -0.2) is 17.8 Å². The minimum atomic E-state index is -0.472. The van der Waals surface area contributed by atoms with E-state index in [0.29, 0.717) is 22.0 Å². The Morgan fingerprint density at radius 3 is 2.27 bits per heavy atom. The van der Waals surface area contributed by atoms with Crippen molar-refractivity contribution in [3.05, 3.63) is 88.9 Å². The number of nitrogens with one attached hydrogen (secondary N) is 2. The summed E-state index contributed by atoms with van der Waals surface area (Å²) in [6.45, 7) is 1.29. The van der Waals surface area contributed by atoms with Crippen molar-refractivity contribution >= 4 is 40.8 Å². The molecule has 0 spiro atoms. The van der Waals surface area contributed by atoms with Gasteiger partial charge >= 0.3 is 5.97 Å². The number of rotatable bonds is 6. The predicted molar refractivity (Wildman–Crippen MR) is 116 cm³/mol. The Bertz CT molecular complexity index is 1100. The summed E-state index contributed by atoms with van der Waals surface area (Å²) in [5, 5.41) is 6.14. The molecule has 0 aliphatic carbocycles. The van der Waals surface area contributed by atoms with Crippen LogP contribution in [0.5, 0.6) is 5.75 Å². The number of benzene rings is 3. The van der Waals surface area contributed by atoms with Crippen molar-refractivity contribution in [2.75, 3.05) is 10.6 Å². The first kappa shape index (κ1) is 21.1. The van der Waals surface area contributed by atoms with Gasteiger partial charge < -0.3 is 15.4 Å². The average molecular weight is 423 g/mol. The highest BCUT2D eigenvalue weighted by Crippen LogP contribution is 2.23. The van der Waals surface area contributed by atoms with Gasteiger partial charge in [0.2, 0.25) is 5.91 Å². The standard InChI is InChI=1S/C23H19ClN2O4/c1-15(27)30-19-9-5-7-17(14-19)23(29)26-21-11-3-2-10-20(21)25-22(28)13-16-6-4-8-18(24)12-16/h2-12,14H,13H2,1H3,(H,25,28)(H,26,29).